The van der Waals surface area contributed by atoms with Crippen molar-refractivity contribution in [1.82, 2.24) is 19.3 Å². The van der Waals surface area contributed by atoms with Gasteiger partial charge in [0.25, 0.3) is 5.56 Å². The van der Waals surface area contributed by atoms with Crippen LogP contribution in [-0.2, 0) is 17.8 Å². The highest BCUT2D eigenvalue weighted by molar-refractivity contribution is 6.32. The molecule has 0 spiro atoms. The Hall–Kier alpha value is -1.86. The van der Waals surface area contributed by atoms with E-state index in [-0.39, 0.29) is 16.6 Å². The average Bonchev–Trinajstić information content (AvgIpc) is 2.96. The molecule has 2 rings (SSSR count). The first-order valence-corrected chi connectivity index (χ1v) is 6.96. The van der Waals surface area contributed by atoms with Crippen molar-refractivity contribution in [3.63, 3.8) is 0 Å². The summed E-state index contributed by atoms with van der Waals surface area (Å²) >= 11 is 6.11. The predicted molar refractivity (Wildman–Crippen MR) is 80.7 cm³/mol. The van der Waals surface area contributed by atoms with Gasteiger partial charge in [0.05, 0.1) is 31.4 Å². The normalized spacial score (nSPS) is 12.3. The number of aromatic nitrogens is 4. The fourth-order valence-electron chi connectivity index (χ4n) is 1.92. The molecule has 1 N–H and O–H groups in total. The highest BCUT2D eigenvalue weighted by Gasteiger charge is 2.11. The van der Waals surface area contributed by atoms with E-state index in [1.54, 1.807) is 25.8 Å². The van der Waals surface area contributed by atoms with Gasteiger partial charge in [-0.15, -0.1) is 0 Å². The van der Waals surface area contributed by atoms with E-state index in [0.29, 0.717) is 25.4 Å². The molecule has 1 unspecified atom stereocenters. The molecule has 0 saturated carbocycles. The van der Waals surface area contributed by atoms with Gasteiger partial charge in [0, 0.05) is 32.1 Å². The Morgan fingerprint density at radius 3 is 3.00 bits per heavy atom. The standard InChI is InChI=1S/C13H18ClN5O2/c1-10(8-18-4-3-15-9-18)17-11-7-16-19(5-6-21-2)13(20)12(11)14/h3-4,7,9-10,17H,5-6,8H2,1-2H3. The number of rotatable bonds is 7. The van der Waals surface area contributed by atoms with E-state index in [1.165, 1.54) is 4.68 Å². The molecule has 2 aromatic rings. The number of ether oxygens (including phenoxy) is 1. The van der Waals surface area contributed by atoms with Crippen LogP contribution in [0.4, 0.5) is 5.69 Å². The van der Waals surface area contributed by atoms with Gasteiger partial charge in [0.2, 0.25) is 0 Å². The summed E-state index contributed by atoms with van der Waals surface area (Å²) in [7, 11) is 1.57. The van der Waals surface area contributed by atoms with Crippen LogP contribution >= 0.6 is 11.6 Å². The fraction of sp³-hybridized carbons (Fsp3) is 0.462. The smallest absolute Gasteiger partial charge is 0.287 e. The molecule has 1 atom stereocenters. The third-order valence-electron chi connectivity index (χ3n) is 2.94. The van der Waals surface area contributed by atoms with Gasteiger partial charge in [-0.25, -0.2) is 9.67 Å². The van der Waals surface area contributed by atoms with Gasteiger partial charge in [-0.2, -0.15) is 5.10 Å². The molecule has 0 aliphatic rings. The molecule has 7 nitrogen and oxygen atoms in total. The van der Waals surface area contributed by atoms with E-state index in [9.17, 15) is 4.79 Å². The molecule has 0 saturated heterocycles. The molecule has 21 heavy (non-hydrogen) atoms. The van der Waals surface area contributed by atoms with Gasteiger partial charge in [-0.3, -0.25) is 4.79 Å². The van der Waals surface area contributed by atoms with Gasteiger partial charge < -0.3 is 14.6 Å². The van der Waals surface area contributed by atoms with Crippen molar-refractivity contribution in [1.29, 1.82) is 0 Å². The van der Waals surface area contributed by atoms with Crippen molar-refractivity contribution >= 4 is 17.3 Å². The minimum atomic E-state index is -0.325. The number of nitrogens with zero attached hydrogens (tertiary/aromatic N) is 4. The number of nitrogens with one attached hydrogen (secondary N) is 1. The van der Waals surface area contributed by atoms with Gasteiger partial charge in [0.1, 0.15) is 5.02 Å². The fourth-order valence-corrected chi connectivity index (χ4v) is 2.13. The highest BCUT2D eigenvalue weighted by Crippen LogP contribution is 2.16. The molecular weight excluding hydrogens is 294 g/mol. The van der Waals surface area contributed by atoms with Gasteiger partial charge >= 0.3 is 0 Å². The van der Waals surface area contributed by atoms with E-state index in [0.717, 1.165) is 0 Å². The molecule has 0 amide bonds. The van der Waals surface area contributed by atoms with E-state index in [4.69, 9.17) is 16.3 Å². The lowest BCUT2D eigenvalue weighted by Crippen LogP contribution is -2.28. The van der Waals surface area contributed by atoms with E-state index >= 15 is 0 Å². The number of hydrogen-bond acceptors (Lipinski definition) is 5. The first kappa shape index (κ1) is 15.5. The Balaban J connectivity index is 2.06. The van der Waals surface area contributed by atoms with Crippen molar-refractivity contribution in [3.8, 4) is 0 Å². The van der Waals surface area contributed by atoms with Crippen LogP contribution in [0.3, 0.4) is 0 Å². The van der Waals surface area contributed by atoms with Crippen molar-refractivity contribution in [2.75, 3.05) is 19.0 Å². The summed E-state index contributed by atoms with van der Waals surface area (Å²) in [6, 6.07) is 0.0766. The minimum absolute atomic E-state index is 0.0766. The molecule has 0 radical (unpaired) electrons. The van der Waals surface area contributed by atoms with Crippen LogP contribution in [-0.4, -0.2) is 39.1 Å². The molecule has 0 aromatic carbocycles. The summed E-state index contributed by atoms with van der Waals surface area (Å²) in [4.78, 5) is 16.0. The Morgan fingerprint density at radius 2 is 2.33 bits per heavy atom. The second-order valence-electron chi connectivity index (χ2n) is 4.70. The van der Waals surface area contributed by atoms with Crippen molar-refractivity contribution in [2.45, 2.75) is 26.1 Å². The Labute approximate surface area is 127 Å². The largest absolute Gasteiger partial charge is 0.383 e. The van der Waals surface area contributed by atoms with Gasteiger partial charge in [-0.1, -0.05) is 11.6 Å². The molecule has 114 valence electrons. The lowest BCUT2D eigenvalue weighted by molar-refractivity contribution is 0.182. The SMILES string of the molecule is COCCn1ncc(NC(C)Cn2ccnc2)c(Cl)c1=O. The zero-order valence-electron chi connectivity index (χ0n) is 12.0. The van der Waals surface area contributed by atoms with E-state index in [1.807, 2.05) is 17.7 Å². The second kappa shape index (κ2) is 7.24. The number of hydrogen-bond donors (Lipinski definition) is 1. The third-order valence-corrected chi connectivity index (χ3v) is 3.30. The summed E-state index contributed by atoms with van der Waals surface area (Å²) in [5.74, 6) is 0. The lowest BCUT2D eigenvalue weighted by atomic mass is 10.3. The Bertz CT molecular complexity index is 626. The number of methoxy groups -OCH3 is 1. The van der Waals surface area contributed by atoms with Crippen molar-refractivity contribution in [3.05, 3.63) is 40.3 Å². The Morgan fingerprint density at radius 1 is 1.52 bits per heavy atom. The van der Waals surface area contributed by atoms with E-state index in [2.05, 4.69) is 15.4 Å². The monoisotopic (exact) mass is 311 g/mol. The molecule has 2 aromatic heterocycles. The molecule has 0 bridgehead atoms. The summed E-state index contributed by atoms with van der Waals surface area (Å²) in [5, 5.41) is 7.41. The molecule has 8 heteroatoms. The van der Waals surface area contributed by atoms with Crippen LogP contribution in [0.2, 0.25) is 5.02 Å². The lowest BCUT2D eigenvalue weighted by Gasteiger charge is -2.16. The average molecular weight is 312 g/mol. The molecule has 0 aliphatic heterocycles. The summed E-state index contributed by atoms with van der Waals surface area (Å²) in [5.41, 5.74) is 0.205. The molecule has 0 aliphatic carbocycles. The number of anilines is 1. The van der Waals surface area contributed by atoms with Gasteiger partial charge in [-0.05, 0) is 6.92 Å². The Kier molecular flexibility index (Phi) is 5.35. The minimum Gasteiger partial charge on any atom is -0.383 e. The zero-order chi connectivity index (χ0) is 15.2. The van der Waals surface area contributed by atoms with Crippen LogP contribution in [0.1, 0.15) is 6.92 Å². The molecule has 2 heterocycles. The topological polar surface area (TPSA) is 74.0 Å². The highest BCUT2D eigenvalue weighted by atomic mass is 35.5. The predicted octanol–water partition coefficient (Wildman–Crippen LogP) is 1.24. The quantitative estimate of drug-likeness (QED) is 0.833. The van der Waals surface area contributed by atoms with Gasteiger partial charge in [0.15, 0.2) is 0 Å². The van der Waals surface area contributed by atoms with Crippen LogP contribution in [0.25, 0.3) is 0 Å². The van der Waals surface area contributed by atoms with Crippen LogP contribution in [0, 0.1) is 0 Å². The number of imidazole rings is 1. The maximum absolute atomic E-state index is 12.1. The second-order valence-corrected chi connectivity index (χ2v) is 5.08. The summed E-state index contributed by atoms with van der Waals surface area (Å²) in [6.45, 7) is 3.49. The molecular formula is C13H18ClN5O2. The summed E-state index contributed by atoms with van der Waals surface area (Å²) in [6.07, 6.45) is 6.89. The van der Waals surface area contributed by atoms with E-state index < -0.39 is 0 Å². The first-order valence-electron chi connectivity index (χ1n) is 6.58. The van der Waals surface area contributed by atoms with Crippen molar-refractivity contribution in [2.24, 2.45) is 0 Å². The zero-order valence-corrected chi connectivity index (χ0v) is 12.7. The summed E-state index contributed by atoms with van der Waals surface area (Å²) < 4.78 is 8.16. The maximum atomic E-state index is 12.1. The first-order chi connectivity index (χ1) is 10.1. The van der Waals surface area contributed by atoms with Crippen molar-refractivity contribution < 1.29 is 4.74 Å². The van der Waals surface area contributed by atoms with Crippen LogP contribution in [0.15, 0.2) is 29.7 Å². The molecule has 0 fully saturated rings. The third kappa shape index (κ3) is 4.05. The maximum Gasteiger partial charge on any atom is 0.287 e. The number of halogens is 1. The van der Waals surface area contributed by atoms with Crippen LogP contribution in [0.5, 0.6) is 0 Å². The van der Waals surface area contributed by atoms with Crippen LogP contribution < -0.4 is 10.9 Å².